The molecule has 0 aliphatic carbocycles. The van der Waals surface area contributed by atoms with E-state index in [1.54, 1.807) is 11.9 Å². The first-order chi connectivity index (χ1) is 12.4. The lowest BCUT2D eigenvalue weighted by Gasteiger charge is -2.40. The standard InChI is InChI=1S/C17H29N7O2.HI/c1-17(2,3)26-16(25)23-10-12(11-23)20-15(18-4)19-9-14-22-21-13-7-5-6-8-24(13)14;/h12H,5-11H2,1-4H3,(H2,18,19,20);1H. The summed E-state index contributed by atoms with van der Waals surface area (Å²) in [5.41, 5.74) is -0.468. The van der Waals surface area contributed by atoms with Crippen LogP contribution in [0.4, 0.5) is 4.79 Å². The summed E-state index contributed by atoms with van der Waals surface area (Å²) in [6.45, 7) is 8.39. The summed E-state index contributed by atoms with van der Waals surface area (Å²) in [5, 5.41) is 15.2. The summed E-state index contributed by atoms with van der Waals surface area (Å²) in [4.78, 5) is 17.9. The molecule has 1 fully saturated rings. The molecule has 0 atom stereocenters. The van der Waals surface area contributed by atoms with Gasteiger partial charge in [-0.15, -0.1) is 34.2 Å². The molecule has 1 saturated heterocycles. The first-order valence-corrected chi connectivity index (χ1v) is 9.22. The summed E-state index contributed by atoms with van der Waals surface area (Å²) in [6.07, 6.45) is 3.09. The smallest absolute Gasteiger partial charge is 0.410 e. The molecule has 0 bridgehead atoms. The maximum Gasteiger partial charge on any atom is 0.410 e. The van der Waals surface area contributed by atoms with Crippen molar-refractivity contribution in [3.8, 4) is 0 Å². The predicted molar refractivity (Wildman–Crippen MR) is 113 cm³/mol. The first-order valence-electron chi connectivity index (χ1n) is 9.22. The van der Waals surface area contributed by atoms with Crippen molar-refractivity contribution in [3.63, 3.8) is 0 Å². The third-order valence-electron chi connectivity index (χ3n) is 4.45. The molecule has 27 heavy (non-hydrogen) atoms. The Kier molecular flexibility index (Phi) is 7.29. The Balaban J connectivity index is 0.00000261. The fraction of sp³-hybridized carbons (Fsp3) is 0.765. The molecular formula is C17H30IN7O2. The summed E-state index contributed by atoms with van der Waals surface area (Å²) in [6, 6.07) is 0.168. The number of carbonyl (C=O) groups is 1. The summed E-state index contributed by atoms with van der Waals surface area (Å²) in [5.74, 6) is 2.71. The van der Waals surface area contributed by atoms with Crippen LogP contribution in [0.5, 0.6) is 0 Å². The van der Waals surface area contributed by atoms with Gasteiger partial charge in [0.15, 0.2) is 11.8 Å². The molecule has 1 aromatic rings. The maximum atomic E-state index is 12.0. The second-order valence-corrected chi connectivity index (χ2v) is 7.79. The van der Waals surface area contributed by atoms with Crippen molar-refractivity contribution in [2.45, 2.75) is 64.8 Å². The van der Waals surface area contributed by atoms with Crippen molar-refractivity contribution in [1.29, 1.82) is 0 Å². The highest BCUT2D eigenvalue weighted by atomic mass is 127. The van der Waals surface area contributed by atoms with Gasteiger partial charge < -0.3 is 24.8 Å². The fourth-order valence-electron chi connectivity index (χ4n) is 3.10. The molecule has 0 spiro atoms. The highest BCUT2D eigenvalue weighted by Crippen LogP contribution is 2.16. The number of rotatable bonds is 3. The lowest BCUT2D eigenvalue weighted by Crippen LogP contribution is -2.63. The van der Waals surface area contributed by atoms with Crippen LogP contribution in [0.2, 0.25) is 0 Å². The van der Waals surface area contributed by atoms with E-state index in [0.717, 1.165) is 24.6 Å². The number of guanidine groups is 1. The second kappa shape index (κ2) is 9.07. The molecule has 0 radical (unpaired) electrons. The molecule has 0 unspecified atom stereocenters. The van der Waals surface area contributed by atoms with Gasteiger partial charge in [0.25, 0.3) is 0 Å². The zero-order valence-electron chi connectivity index (χ0n) is 16.5. The van der Waals surface area contributed by atoms with Gasteiger partial charge in [-0.1, -0.05) is 0 Å². The van der Waals surface area contributed by atoms with Crippen LogP contribution in [0.15, 0.2) is 4.99 Å². The number of fused-ring (bicyclic) bond motifs is 1. The molecule has 3 heterocycles. The van der Waals surface area contributed by atoms with Crippen LogP contribution >= 0.6 is 24.0 Å². The van der Waals surface area contributed by atoms with Crippen molar-refractivity contribution in [3.05, 3.63) is 11.6 Å². The molecule has 1 amide bonds. The third kappa shape index (κ3) is 5.69. The normalized spacial score (nSPS) is 17.5. The average molecular weight is 491 g/mol. The zero-order chi connectivity index (χ0) is 18.7. The highest BCUT2D eigenvalue weighted by Gasteiger charge is 2.34. The molecule has 152 valence electrons. The third-order valence-corrected chi connectivity index (χ3v) is 4.45. The Labute approximate surface area is 177 Å². The van der Waals surface area contributed by atoms with E-state index in [0.29, 0.717) is 25.6 Å². The number of nitrogens with zero attached hydrogens (tertiary/aromatic N) is 5. The van der Waals surface area contributed by atoms with Crippen LogP contribution < -0.4 is 10.6 Å². The second-order valence-electron chi connectivity index (χ2n) is 7.79. The van der Waals surface area contributed by atoms with Gasteiger partial charge >= 0.3 is 6.09 Å². The number of amides is 1. The Bertz CT molecular complexity index is 677. The fourth-order valence-corrected chi connectivity index (χ4v) is 3.10. The van der Waals surface area contributed by atoms with Gasteiger partial charge in [-0.2, -0.15) is 0 Å². The lowest BCUT2D eigenvalue weighted by molar-refractivity contribution is 0.00701. The van der Waals surface area contributed by atoms with Crippen LogP contribution in [0.3, 0.4) is 0 Å². The SMILES string of the molecule is CN=C(NCc1nnc2n1CCCC2)NC1CN(C(=O)OC(C)(C)C)C1.I. The highest BCUT2D eigenvalue weighted by molar-refractivity contribution is 14.0. The number of aryl methyl sites for hydroxylation is 1. The van der Waals surface area contributed by atoms with Crippen LogP contribution in [-0.4, -0.2) is 63.5 Å². The van der Waals surface area contributed by atoms with Gasteiger partial charge in [-0.3, -0.25) is 4.99 Å². The quantitative estimate of drug-likeness (QED) is 0.378. The van der Waals surface area contributed by atoms with Gasteiger partial charge in [0.1, 0.15) is 11.4 Å². The number of aromatic nitrogens is 3. The number of likely N-dealkylation sites (tertiary alicyclic amines) is 1. The number of hydrogen-bond donors (Lipinski definition) is 2. The van der Waals surface area contributed by atoms with Crippen LogP contribution in [0, 0.1) is 0 Å². The molecule has 3 rings (SSSR count). The Morgan fingerprint density at radius 2 is 2.04 bits per heavy atom. The Morgan fingerprint density at radius 3 is 2.70 bits per heavy atom. The van der Waals surface area contributed by atoms with E-state index in [9.17, 15) is 4.79 Å². The van der Waals surface area contributed by atoms with Gasteiger partial charge in [0, 0.05) is 33.1 Å². The number of nitrogens with one attached hydrogen (secondary N) is 2. The van der Waals surface area contributed by atoms with E-state index >= 15 is 0 Å². The number of aliphatic imine (C=N–C) groups is 1. The Hall–Kier alpha value is -1.59. The summed E-state index contributed by atoms with van der Waals surface area (Å²) in [7, 11) is 1.74. The van der Waals surface area contributed by atoms with Crippen molar-refractivity contribution in [2.75, 3.05) is 20.1 Å². The van der Waals surface area contributed by atoms with E-state index < -0.39 is 5.60 Å². The van der Waals surface area contributed by atoms with E-state index in [1.165, 1.54) is 12.8 Å². The monoisotopic (exact) mass is 491 g/mol. The topological polar surface area (TPSA) is 96.7 Å². The summed E-state index contributed by atoms with van der Waals surface area (Å²) >= 11 is 0. The number of halogens is 1. The maximum absolute atomic E-state index is 12.0. The molecule has 2 aliphatic rings. The zero-order valence-corrected chi connectivity index (χ0v) is 18.8. The van der Waals surface area contributed by atoms with Crippen molar-refractivity contribution in [2.24, 2.45) is 4.99 Å². The minimum absolute atomic E-state index is 0. The summed E-state index contributed by atoms with van der Waals surface area (Å²) < 4.78 is 7.56. The molecule has 10 heteroatoms. The molecule has 0 aromatic carbocycles. The van der Waals surface area contributed by atoms with Gasteiger partial charge in [0.05, 0.1) is 12.6 Å². The van der Waals surface area contributed by atoms with Crippen LogP contribution in [-0.2, 0) is 24.2 Å². The molecule has 1 aromatic heterocycles. The van der Waals surface area contributed by atoms with Crippen molar-refractivity contribution < 1.29 is 9.53 Å². The largest absolute Gasteiger partial charge is 0.444 e. The van der Waals surface area contributed by atoms with Gasteiger partial charge in [-0.25, -0.2) is 4.79 Å². The van der Waals surface area contributed by atoms with E-state index in [1.807, 2.05) is 20.8 Å². The molecule has 9 nitrogen and oxygen atoms in total. The molecular weight excluding hydrogens is 461 g/mol. The number of carbonyl (C=O) groups excluding carboxylic acids is 1. The van der Waals surface area contributed by atoms with Crippen LogP contribution in [0.25, 0.3) is 0 Å². The van der Waals surface area contributed by atoms with E-state index in [4.69, 9.17) is 4.74 Å². The molecule has 2 aliphatic heterocycles. The van der Waals surface area contributed by atoms with Gasteiger partial charge in [0.2, 0.25) is 0 Å². The molecule has 0 saturated carbocycles. The first kappa shape index (κ1) is 21.7. The number of hydrogen-bond acceptors (Lipinski definition) is 5. The Morgan fingerprint density at radius 1 is 1.30 bits per heavy atom. The minimum Gasteiger partial charge on any atom is -0.444 e. The van der Waals surface area contributed by atoms with Crippen molar-refractivity contribution >= 4 is 36.0 Å². The number of ether oxygens (including phenoxy) is 1. The lowest BCUT2D eigenvalue weighted by atomic mass is 10.1. The minimum atomic E-state index is -0.468. The average Bonchev–Trinajstić information content (AvgIpc) is 2.94. The van der Waals surface area contributed by atoms with Crippen molar-refractivity contribution in [1.82, 2.24) is 30.3 Å². The van der Waals surface area contributed by atoms with E-state index in [2.05, 4.69) is 30.4 Å². The van der Waals surface area contributed by atoms with E-state index in [-0.39, 0.29) is 36.1 Å². The van der Waals surface area contributed by atoms with Crippen LogP contribution in [0.1, 0.15) is 45.3 Å². The molecule has 2 N–H and O–H groups in total. The predicted octanol–water partition coefficient (Wildman–Crippen LogP) is 1.52. The van der Waals surface area contributed by atoms with Gasteiger partial charge in [-0.05, 0) is 33.6 Å².